The predicted octanol–water partition coefficient (Wildman–Crippen LogP) is 2.31. The second kappa shape index (κ2) is 7.87. The molecule has 1 aromatic carbocycles. The Bertz CT molecular complexity index is 929. The van der Waals surface area contributed by atoms with Crippen LogP contribution in [0.3, 0.4) is 0 Å². The number of thiophene rings is 1. The molecule has 0 atom stereocenters. The molecule has 2 heterocycles. The van der Waals surface area contributed by atoms with Gasteiger partial charge in [-0.1, -0.05) is 0 Å². The highest BCUT2D eigenvalue weighted by Crippen LogP contribution is 2.25. The zero-order valence-electron chi connectivity index (χ0n) is 13.8. The first kappa shape index (κ1) is 17.7. The number of hydrogen-bond acceptors (Lipinski definition) is 6. The molecule has 7 nitrogen and oxygen atoms in total. The number of aromatic nitrogens is 2. The number of carbonyl (C=O) groups is 2. The quantitative estimate of drug-likeness (QED) is 0.716. The van der Waals surface area contributed by atoms with Crippen LogP contribution in [0.2, 0.25) is 0 Å². The molecule has 0 radical (unpaired) electrons. The number of nitrogens with one attached hydrogen (secondary N) is 1. The second-order valence-electron chi connectivity index (χ2n) is 5.41. The first-order valence-electron chi connectivity index (χ1n) is 7.63. The Morgan fingerprint density at radius 2 is 2.00 bits per heavy atom. The number of hydrogen-bond donors (Lipinski definition) is 1. The van der Waals surface area contributed by atoms with Gasteiger partial charge in [-0.15, -0.1) is 11.3 Å². The number of anilines is 1. The summed E-state index contributed by atoms with van der Waals surface area (Å²) < 4.78 is 18.3. The largest absolute Gasteiger partial charge is 0.467 e. The molecule has 0 aliphatic heterocycles. The van der Waals surface area contributed by atoms with Gasteiger partial charge in [0.25, 0.3) is 5.91 Å². The third-order valence-corrected chi connectivity index (χ3v) is 4.31. The van der Waals surface area contributed by atoms with Gasteiger partial charge in [0.2, 0.25) is 11.8 Å². The highest BCUT2D eigenvalue weighted by Gasteiger charge is 2.15. The lowest BCUT2D eigenvalue weighted by Crippen LogP contribution is -2.37. The molecule has 0 bridgehead atoms. The van der Waals surface area contributed by atoms with E-state index in [1.807, 2.05) is 11.4 Å². The topological polar surface area (TPSA) is 84.4 Å². The Labute approximate surface area is 152 Å². The fraction of sp³-hybridized carbons (Fsp3) is 0.176. The van der Waals surface area contributed by atoms with Gasteiger partial charge in [0.1, 0.15) is 17.0 Å². The van der Waals surface area contributed by atoms with E-state index in [4.69, 9.17) is 4.74 Å². The molecule has 2 aromatic heterocycles. The van der Waals surface area contributed by atoms with Crippen LogP contribution in [0.15, 0.2) is 42.0 Å². The maximum absolute atomic E-state index is 12.9. The normalized spacial score (nSPS) is 10.5. The summed E-state index contributed by atoms with van der Waals surface area (Å²) in [4.78, 5) is 34.3. The number of likely N-dealkylation sites (N-methyl/N-ethyl adjacent to an activating group) is 1. The zero-order chi connectivity index (χ0) is 18.5. The van der Waals surface area contributed by atoms with E-state index in [1.54, 1.807) is 0 Å². The van der Waals surface area contributed by atoms with Gasteiger partial charge in [-0.3, -0.25) is 9.59 Å². The SMILES string of the molecule is CN(CC(=O)Nc1ccc(F)cc1)C(=O)COc1ncnc2sccc12. The maximum atomic E-state index is 12.9. The van der Waals surface area contributed by atoms with Crippen LogP contribution in [0.1, 0.15) is 0 Å². The van der Waals surface area contributed by atoms with Crippen molar-refractivity contribution in [2.75, 3.05) is 25.5 Å². The summed E-state index contributed by atoms with van der Waals surface area (Å²) >= 11 is 1.45. The Hall–Kier alpha value is -3.07. The van der Waals surface area contributed by atoms with Crippen molar-refractivity contribution >= 4 is 39.1 Å². The molecule has 0 fully saturated rings. The molecule has 0 spiro atoms. The molecule has 0 saturated carbocycles. The molecular formula is C17H15FN4O3S. The molecule has 1 N–H and O–H groups in total. The first-order valence-corrected chi connectivity index (χ1v) is 8.51. The van der Waals surface area contributed by atoms with Gasteiger partial charge in [0.05, 0.1) is 11.9 Å². The molecule has 9 heteroatoms. The Kier molecular flexibility index (Phi) is 5.37. The van der Waals surface area contributed by atoms with Gasteiger partial charge < -0.3 is 15.0 Å². The third-order valence-electron chi connectivity index (χ3n) is 3.49. The zero-order valence-corrected chi connectivity index (χ0v) is 14.6. The van der Waals surface area contributed by atoms with Crippen molar-refractivity contribution in [3.8, 4) is 5.88 Å². The fourth-order valence-electron chi connectivity index (χ4n) is 2.16. The van der Waals surface area contributed by atoms with E-state index < -0.39 is 11.7 Å². The summed E-state index contributed by atoms with van der Waals surface area (Å²) in [5.74, 6) is -0.832. The minimum absolute atomic E-state index is 0.156. The minimum Gasteiger partial charge on any atom is -0.467 e. The van der Waals surface area contributed by atoms with E-state index in [-0.39, 0.29) is 19.1 Å². The molecule has 3 rings (SSSR count). The van der Waals surface area contributed by atoms with E-state index in [0.717, 1.165) is 10.2 Å². The number of rotatable bonds is 6. The van der Waals surface area contributed by atoms with Crippen LogP contribution < -0.4 is 10.1 Å². The van der Waals surface area contributed by atoms with Crippen LogP contribution in [-0.2, 0) is 9.59 Å². The summed E-state index contributed by atoms with van der Waals surface area (Å²) in [6, 6.07) is 7.19. The molecule has 3 aromatic rings. The highest BCUT2D eigenvalue weighted by molar-refractivity contribution is 7.16. The average Bonchev–Trinajstić information content (AvgIpc) is 3.10. The van der Waals surface area contributed by atoms with Gasteiger partial charge in [-0.25, -0.2) is 14.4 Å². The lowest BCUT2D eigenvalue weighted by molar-refractivity contribution is -0.135. The van der Waals surface area contributed by atoms with Gasteiger partial charge in [0, 0.05) is 12.7 Å². The second-order valence-corrected chi connectivity index (χ2v) is 6.31. The molecule has 26 heavy (non-hydrogen) atoms. The number of benzene rings is 1. The van der Waals surface area contributed by atoms with E-state index in [2.05, 4.69) is 15.3 Å². The van der Waals surface area contributed by atoms with Crippen LogP contribution in [0, 0.1) is 5.82 Å². The lowest BCUT2D eigenvalue weighted by Gasteiger charge is -2.17. The minimum atomic E-state index is -0.394. The molecular weight excluding hydrogens is 359 g/mol. The Morgan fingerprint density at radius 1 is 1.23 bits per heavy atom. The summed E-state index contributed by atoms with van der Waals surface area (Å²) in [5, 5.41) is 5.19. The summed E-state index contributed by atoms with van der Waals surface area (Å²) in [7, 11) is 1.50. The first-order chi connectivity index (χ1) is 12.5. The molecule has 0 aliphatic carbocycles. The van der Waals surface area contributed by atoms with Crippen molar-refractivity contribution in [3.05, 3.63) is 47.9 Å². The van der Waals surface area contributed by atoms with Crippen molar-refractivity contribution in [1.29, 1.82) is 0 Å². The monoisotopic (exact) mass is 374 g/mol. The van der Waals surface area contributed by atoms with Gasteiger partial charge in [-0.05, 0) is 35.7 Å². The Balaban J connectivity index is 1.52. The molecule has 134 valence electrons. The smallest absolute Gasteiger partial charge is 0.260 e. The van der Waals surface area contributed by atoms with E-state index in [1.165, 1.54) is 53.9 Å². The number of ether oxygens (including phenoxy) is 1. The summed E-state index contributed by atoms with van der Waals surface area (Å²) in [6.45, 7) is -0.403. The number of carbonyl (C=O) groups excluding carboxylic acids is 2. The van der Waals surface area contributed by atoms with Crippen molar-refractivity contribution < 1.29 is 18.7 Å². The maximum Gasteiger partial charge on any atom is 0.260 e. The average molecular weight is 374 g/mol. The van der Waals surface area contributed by atoms with Gasteiger partial charge in [0.15, 0.2) is 6.61 Å². The number of fused-ring (bicyclic) bond motifs is 1. The van der Waals surface area contributed by atoms with E-state index in [9.17, 15) is 14.0 Å². The lowest BCUT2D eigenvalue weighted by atomic mass is 10.3. The standard InChI is InChI=1S/C17H15FN4O3S/c1-22(8-14(23)21-12-4-2-11(18)3-5-12)15(24)9-25-16-13-6-7-26-17(13)20-10-19-16/h2-7,10H,8-9H2,1H3,(H,21,23). The number of nitrogens with zero attached hydrogens (tertiary/aromatic N) is 3. The third kappa shape index (κ3) is 4.31. The van der Waals surface area contributed by atoms with Crippen molar-refractivity contribution in [2.45, 2.75) is 0 Å². The van der Waals surface area contributed by atoms with E-state index >= 15 is 0 Å². The van der Waals surface area contributed by atoms with Crippen molar-refractivity contribution in [1.82, 2.24) is 14.9 Å². The molecule has 0 saturated heterocycles. The van der Waals surface area contributed by atoms with E-state index in [0.29, 0.717) is 11.6 Å². The Morgan fingerprint density at radius 3 is 2.77 bits per heavy atom. The molecule has 0 aliphatic rings. The summed E-state index contributed by atoms with van der Waals surface area (Å²) in [6.07, 6.45) is 1.37. The van der Waals surface area contributed by atoms with Crippen molar-refractivity contribution in [3.63, 3.8) is 0 Å². The van der Waals surface area contributed by atoms with Crippen LogP contribution in [-0.4, -0.2) is 46.9 Å². The molecule has 2 amide bonds. The van der Waals surface area contributed by atoms with Crippen molar-refractivity contribution in [2.24, 2.45) is 0 Å². The highest BCUT2D eigenvalue weighted by atomic mass is 32.1. The van der Waals surface area contributed by atoms with Crippen LogP contribution >= 0.6 is 11.3 Å². The van der Waals surface area contributed by atoms with Gasteiger partial charge in [-0.2, -0.15) is 0 Å². The van der Waals surface area contributed by atoms with Crippen LogP contribution in [0.4, 0.5) is 10.1 Å². The number of amides is 2. The summed E-state index contributed by atoms with van der Waals surface area (Å²) in [5.41, 5.74) is 0.453. The van der Waals surface area contributed by atoms with Crippen LogP contribution in [0.5, 0.6) is 5.88 Å². The van der Waals surface area contributed by atoms with Crippen LogP contribution in [0.25, 0.3) is 10.2 Å². The predicted molar refractivity (Wildman–Crippen MR) is 95.6 cm³/mol. The van der Waals surface area contributed by atoms with Gasteiger partial charge >= 0.3 is 0 Å². The fourth-order valence-corrected chi connectivity index (χ4v) is 2.88. The molecule has 0 unspecified atom stereocenters. The number of halogens is 1.